The quantitative estimate of drug-likeness (QED) is 0.865. The molecule has 7 heteroatoms. The van der Waals surface area contributed by atoms with Crippen molar-refractivity contribution in [3.8, 4) is 0 Å². The van der Waals surface area contributed by atoms with Crippen LogP contribution in [0.15, 0.2) is 11.2 Å². The molecule has 1 saturated carbocycles. The van der Waals surface area contributed by atoms with E-state index in [4.69, 9.17) is 5.73 Å². The fourth-order valence-corrected chi connectivity index (χ4v) is 4.47. The van der Waals surface area contributed by atoms with Gasteiger partial charge in [-0.1, -0.05) is 19.8 Å². The molecular formula is C13H24N4O2S. The van der Waals surface area contributed by atoms with E-state index in [1.165, 1.54) is 6.20 Å². The summed E-state index contributed by atoms with van der Waals surface area (Å²) in [5, 5.41) is 0.0727. The van der Waals surface area contributed by atoms with Crippen molar-refractivity contribution in [2.45, 2.75) is 50.1 Å². The Morgan fingerprint density at radius 3 is 2.80 bits per heavy atom. The third-order valence-corrected chi connectivity index (χ3v) is 5.64. The average Bonchev–Trinajstić information content (AvgIpc) is 2.70. The second-order valence-electron chi connectivity index (χ2n) is 6.03. The first-order chi connectivity index (χ1) is 9.28. The smallest absolute Gasteiger partial charge is 0.260 e. The van der Waals surface area contributed by atoms with E-state index in [0.717, 1.165) is 25.7 Å². The molecule has 0 aliphatic heterocycles. The van der Waals surface area contributed by atoms with E-state index in [1.807, 2.05) is 0 Å². The van der Waals surface area contributed by atoms with Crippen molar-refractivity contribution >= 4 is 10.0 Å². The van der Waals surface area contributed by atoms with Crippen molar-refractivity contribution in [2.24, 2.45) is 18.7 Å². The third kappa shape index (κ3) is 3.05. The molecule has 1 aromatic rings. The Bertz CT molecular complexity index is 562. The van der Waals surface area contributed by atoms with Crippen LogP contribution >= 0.6 is 0 Å². The predicted octanol–water partition coefficient (Wildman–Crippen LogP) is 0.914. The lowest BCUT2D eigenvalue weighted by Gasteiger charge is -2.39. The van der Waals surface area contributed by atoms with E-state index in [0.29, 0.717) is 18.3 Å². The van der Waals surface area contributed by atoms with E-state index >= 15 is 0 Å². The molecule has 1 aromatic heterocycles. The van der Waals surface area contributed by atoms with Gasteiger partial charge in [-0.05, 0) is 25.7 Å². The largest absolute Gasteiger partial charge is 0.337 e. The summed E-state index contributed by atoms with van der Waals surface area (Å²) < 4.78 is 29.5. The molecule has 0 amide bonds. The van der Waals surface area contributed by atoms with Crippen molar-refractivity contribution in [2.75, 3.05) is 6.54 Å². The first-order valence-corrected chi connectivity index (χ1v) is 8.50. The summed E-state index contributed by atoms with van der Waals surface area (Å²) in [6.45, 7) is 4.24. The minimum atomic E-state index is -3.62. The van der Waals surface area contributed by atoms with Crippen LogP contribution in [0.2, 0.25) is 0 Å². The highest BCUT2D eigenvalue weighted by molar-refractivity contribution is 7.89. The van der Waals surface area contributed by atoms with Gasteiger partial charge < -0.3 is 10.3 Å². The third-order valence-electron chi connectivity index (χ3n) is 4.19. The van der Waals surface area contributed by atoms with Gasteiger partial charge in [-0.25, -0.2) is 18.1 Å². The zero-order chi connectivity index (χ0) is 15.0. The monoisotopic (exact) mass is 300 g/mol. The van der Waals surface area contributed by atoms with E-state index in [1.54, 1.807) is 18.5 Å². The number of nitrogens with two attached hydrogens (primary N) is 1. The second-order valence-corrected chi connectivity index (χ2v) is 7.66. The predicted molar refractivity (Wildman–Crippen MR) is 77.7 cm³/mol. The molecule has 2 atom stereocenters. The molecule has 0 radical (unpaired) electrons. The Balaban J connectivity index is 2.26. The number of rotatable bonds is 4. The lowest BCUT2D eigenvalue weighted by atomic mass is 9.77. The summed E-state index contributed by atoms with van der Waals surface area (Å²) >= 11 is 0. The summed E-state index contributed by atoms with van der Waals surface area (Å²) in [6.07, 6.45) is 5.25. The molecule has 0 aromatic carbocycles. The molecule has 3 N–H and O–H groups in total. The van der Waals surface area contributed by atoms with Gasteiger partial charge in [0, 0.05) is 25.3 Å². The molecule has 0 bridgehead atoms. The Morgan fingerprint density at radius 2 is 2.30 bits per heavy atom. The molecule has 1 aliphatic carbocycles. The van der Waals surface area contributed by atoms with Gasteiger partial charge in [-0.15, -0.1) is 0 Å². The van der Waals surface area contributed by atoms with E-state index in [-0.39, 0.29) is 5.03 Å². The van der Waals surface area contributed by atoms with Gasteiger partial charge in [0.15, 0.2) is 5.03 Å². The normalized spacial score (nSPS) is 27.7. The first kappa shape index (κ1) is 15.5. The number of aromatic nitrogens is 2. The second kappa shape index (κ2) is 5.46. The van der Waals surface area contributed by atoms with E-state index < -0.39 is 15.6 Å². The number of sulfonamides is 1. The maximum absolute atomic E-state index is 12.5. The van der Waals surface area contributed by atoms with Crippen LogP contribution < -0.4 is 10.5 Å². The van der Waals surface area contributed by atoms with Crippen LogP contribution in [0.3, 0.4) is 0 Å². The SMILES string of the molecule is Cc1nc(S(=O)(=O)NC2(CN)CCCC(C)C2)cn1C. The zero-order valence-electron chi connectivity index (χ0n) is 12.4. The molecule has 2 rings (SSSR count). The van der Waals surface area contributed by atoms with Crippen LogP contribution in [0, 0.1) is 12.8 Å². The first-order valence-electron chi connectivity index (χ1n) is 7.02. The zero-order valence-corrected chi connectivity index (χ0v) is 13.2. The molecule has 1 fully saturated rings. The minimum Gasteiger partial charge on any atom is -0.337 e. The number of nitrogens with one attached hydrogen (secondary N) is 1. The van der Waals surface area contributed by atoms with Gasteiger partial charge in [0.05, 0.1) is 0 Å². The van der Waals surface area contributed by atoms with Crippen molar-refractivity contribution < 1.29 is 8.42 Å². The topological polar surface area (TPSA) is 90.0 Å². The maximum atomic E-state index is 12.5. The number of hydrogen-bond donors (Lipinski definition) is 2. The van der Waals surface area contributed by atoms with Crippen LogP contribution in [0.25, 0.3) is 0 Å². The van der Waals surface area contributed by atoms with Crippen molar-refractivity contribution in [1.29, 1.82) is 0 Å². The number of nitrogens with zero attached hydrogens (tertiary/aromatic N) is 2. The Labute approximate surface area is 120 Å². The van der Waals surface area contributed by atoms with Crippen molar-refractivity contribution in [3.05, 3.63) is 12.0 Å². The van der Waals surface area contributed by atoms with Gasteiger partial charge in [-0.3, -0.25) is 0 Å². The standard InChI is InChI=1S/C13H24N4O2S/c1-10-5-4-6-13(7-10,9-14)16-20(18,19)12-8-17(3)11(2)15-12/h8,10,16H,4-7,9,14H2,1-3H3. The maximum Gasteiger partial charge on any atom is 0.260 e. The molecule has 1 aliphatic rings. The van der Waals surface area contributed by atoms with Gasteiger partial charge >= 0.3 is 0 Å². The van der Waals surface area contributed by atoms with Crippen molar-refractivity contribution in [1.82, 2.24) is 14.3 Å². The van der Waals surface area contributed by atoms with Crippen LogP contribution in [0.1, 0.15) is 38.4 Å². The van der Waals surface area contributed by atoms with E-state index in [9.17, 15) is 8.42 Å². The Kier molecular flexibility index (Phi) is 4.22. The van der Waals surface area contributed by atoms with Crippen LogP contribution in [0.4, 0.5) is 0 Å². The van der Waals surface area contributed by atoms with Gasteiger partial charge in [-0.2, -0.15) is 0 Å². The fourth-order valence-electron chi connectivity index (χ4n) is 2.97. The molecule has 20 heavy (non-hydrogen) atoms. The fraction of sp³-hybridized carbons (Fsp3) is 0.769. The van der Waals surface area contributed by atoms with Gasteiger partial charge in [0.25, 0.3) is 10.0 Å². The molecule has 6 nitrogen and oxygen atoms in total. The molecule has 1 heterocycles. The highest BCUT2D eigenvalue weighted by Gasteiger charge is 2.38. The van der Waals surface area contributed by atoms with Crippen molar-refractivity contribution in [3.63, 3.8) is 0 Å². The van der Waals surface area contributed by atoms with Crippen LogP contribution in [0.5, 0.6) is 0 Å². The van der Waals surface area contributed by atoms with Gasteiger partial charge in [0.2, 0.25) is 0 Å². The Hall–Kier alpha value is -0.920. The minimum absolute atomic E-state index is 0.0727. The highest BCUT2D eigenvalue weighted by atomic mass is 32.2. The van der Waals surface area contributed by atoms with Crippen LogP contribution in [-0.4, -0.2) is 30.1 Å². The van der Waals surface area contributed by atoms with Crippen LogP contribution in [-0.2, 0) is 17.1 Å². The molecule has 2 unspecified atom stereocenters. The molecule has 0 saturated heterocycles. The lowest BCUT2D eigenvalue weighted by molar-refractivity contribution is 0.222. The number of aryl methyl sites for hydroxylation is 2. The summed E-state index contributed by atoms with van der Waals surface area (Å²) in [5.74, 6) is 1.16. The summed E-state index contributed by atoms with van der Waals surface area (Å²) in [4.78, 5) is 4.10. The number of hydrogen-bond acceptors (Lipinski definition) is 4. The summed E-state index contributed by atoms with van der Waals surface area (Å²) in [6, 6.07) is 0. The molecular weight excluding hydrogens is 276 g/mol. The molecule has 0 spiro atoms. The summed E-state index contributed by atoms with van der Waals surface area (Å²) in [5.41, 5.74) is 5.34. The number of imidazole rings is 1. The molecule has 114 valence electrons. The Morgan fingerprint density at radius 1 is 1.60 bits per heavy atom. The highest BCUT2D eigenvalue weighted by Crippen LogP contribution is 2.32. The summed E-state index contributed by atoms with van der Waals surface area (Å²) in [7, 11) is -1.84. The average molecular weight is 300 g/mol. The van der Waals surface area contributed by atoms with E-state index in [2.05, 4.69) is 16.6 Å². The lowest BCUT2D eigenvalue weighted by Crippen LogP contribution is -2.55. The van der Waals surface area contributed by atoms with Gasteiger partial charge in [0.1, 0.15) is 5.82 Å².